The van der Waals surface area contributed by atoms with Crippen LogP contribution in [0.4, 0.5) is 0 Å². The van der Waals surface area contributed by atoms with Gasteiger partial charge in [0.25, 0.3) is 0 Å². The van der Waals surface area contributed by atoms with Gasteiger partial charge in [0, 0.05) is 5.92 Å². The summed E-state index contributed by atoms with van der Waals surface area (Å²) in [4.78, 5) is 11.5. The van der Waals surface area contributed by atoms with E-state index < -0.39 is 0 Å². The second-order valence-electron chi connectivity index (χ2n) is 4.34. The van der Waals surface area contributed by atoms with Gasteiger partial charge < -0.3 is 5.32 Å². The van der Waals surface area contributed by atoms with Crippen LogP contribution in [0.1, 0.15) is 27.2 Å². The molecule has 0 aromatic rings. The van der Waals surface area contributed by atoms with Gasteiger partial charge >= 0.3 is 0 Å². The Balaban J connectivity index is 2.42. The highest BCUT2D eigenvalue weighted by Crippen LogP contribution is 2.57. The molecule has 0 radical (unpaired) electrons. The van der Waals surface area contributed by atoms with Gasteiger partial charge in [-0.15, -0.1) is 6.42 Å². The minimum atomic E-state index is 0.120. The van der Waals surface area contributed by atoms with E-state index >= 15 is 0 Å². The molecule has 2 heteroatoms. The molecule has 0 bridgehead atoms. The van der Waals surface area contributed by atoms with Crippen molar-refractivity contribution < 1.29 is 4.79 Å². The Kier molecular flexibility index (Phi) is 2.66. The molecule has 2 atom stereocenters. The van der Waals surface area contributed by atoms with Crippen molar-refractivity contribution in [2.24, 2.45) is 17.3 Å². The summed E-state index contributed by atoms with van der Waals surface area (Å²) in [6, 6.07) is 0. The van der Waals surface area contributed by atoms with Gasteiger partial charge in [-0.25, -0.2) is 0 Å². The first-order valence-corrected chi connectivity index (χ1v) is 4.73. The van der Waals surface area contributed by atoms with Crippen LogP contribution in [-0.4, -0.2) is 12.5 Å². The van der Waals surface area contributed by atoms with Gasteiger partial charge in [-0.2, -0.15) is 0 Å². The Bertz CT molecular complexity index is 251. The topological polar surface area (TPSA) is 29.1 Å². The third-order valence-electron chi connectivity index (χ3n) is 3.28. The van der Waals surface area contributed by atoms with E-state index in [1.807, 2.05) is 0 Å². The van der Waals surface area contributed by atoms with Crippen LogP contribution >= 0.6 is 0 Å². The van der Waals surface area contributed by atoms with Crippen molar-refractivity contribution in [3.63, 3.8) is 0 Å². The number of hydrogen-bond acceptors (Lipinski definition) is 1. The Morgan fingerprint density at radius 2 is 2.38 bits per heavy atom. The predicted molar refractivity (Wildman–Crippen MR) is 52.9 cm³/mol. The van der Waals surface area contributed by atoms with Gasteiger partial charge in [-0.3, -0.25) is 4.79 Å². The van der Waals surface area contributed by atoms with Gasteiger partial charge in [0.05, 0.1) is 6.54 Å². The standard InChI is InChI=1S/C11H17NO/c1-5-6-12-10(13)9-7-11(9,4)8(2)3/h1,8-9H,6-7H2,2-4H3,(H,12,13). The molecule has 1 aliphatic rings. The monoisotopic (exact) mass is 179 g/mol. The maximum Gasteiger partial charge on any atom is 0.224 e. The number of carbonyl (C=O) groups is 1. The molecule has 0 heterocycles. The van der Waals surface area contributed by atoms with Gasteiger partial charge in [0.1, 0.15) is 0 Å². The van der Waals surface area contributed by atoms with E-state index in [4.69, 9.17) is 6.42 Å². The van der Waals surface area contributed by atoms with Gasteiger partial charge in [-0.1, -0.05) is 26.7 Å². The van der Waals surface area contributed by atoms with Gasteiger partial charge in [0.15, 0.2) is 0 Å². The molecular weight excluding hydrogens is 162 g/mol. The molecule has 2 nitrogen and oxygen atoms in total. The number of nitrogens with one attached hydrogen (secondary N) is 1. The Morgan fingerprint density at radius 1 is 1.77 bits per heavy atom. The summed E-state index contributed by atoms with van der Waals surface area (Å²) >= 11 is 0. The number of terminal acetylenes is 1. The highest BCUT2D eigenvalue weighted by atomic mass is 16.2. The Morgan fingerprint density at radius 3 is 2.77 bits per heavy atom. The fourth-order valence-electron chi connectivity index (χ4n) is 1.67. The molecule has 0 aromatic heterocycles. The van der Waals surface area contributed by atoms with Crippen LogP contribution in [0.25, 0.3) is 0 Å². The molecule has 0 saturated heterocycles. The third kappa shape index (κ3) is 1.85. The molecule has 0 aromatic carbocycles. The summed E-state index contributed by atoms with van der Waals surface area (Å²) in [6.45, 7) is 6.84. The molecule has 1 N–H and O–H groups in total. The number of carbonyl (C=O) groups excluding carboxylic acids is 1. The van der Waals surface area contributed by atoms with Crippen molar-refractivity contribution in [2.45, 2.75) is 27.2 Å². The molecule has 0 aliphatic heterocycles. The first kappa shape index (κ1) is 10.1. The lowest BCUT2D eigenvalue weighted by Gasteiger charge is -2.14. The van der Waals surface area contributed by atoms with E-state index in [0.29, 0.717) is 12.5 Å². The quantitative estimate of drug-likeness (QED) is 0.652. The summed E-state index contributed by atoms with van der Waals surface area (Å²) in [5, 5.41) is 2.73. The van der Waals surface area contributed by atoms with Crippen molar-refractivity contribution in [3.05, 3.63) is 0 Å². The molecule has 0 spiro atoms. The van der Waals surface area contributed by atoms with Gasteiger partial charge in [0.2, 0.25) is 5.91 Å². The largest absolute Gasteiger partial charge is 0.345 e. The van der Waals surface area contributed by atoms with Crippen LogP contribution < -0.4 is 5.32 Å². The zero-order chi connectivity index (χ0) is 10.1. The maximum atomic E-state index is 11.5. The minimum Gasteiger partial charge on any atom is -0.345 e. The van der Waals surface area contributed by atoms with Crippen LogP contribution in [-0.2, 0) is 4.79 Å². The number of amides is 1. The summed E-state index contributed by atoms with van der Waals surface area (Å²) < 4.78 is 0. The summed E-state index contributed by atoms with van der Waals surface area (Å²) in [5.41, 5.74) is 0.207. The molecule has 1 fully saturated rings. The SMILES string of the molecule is C#CCNC(=O)C1CC1(C)C(C)C. The number of rotatable bonds is 3. The Labute approximate surface area is 80.1 Å². The van der Waals surface area contributed by atoms with Crippen LogP contribution in [0.5, 0.6) is 0 Å². The fraction of sp³-hybridized carbons (Fsp3) is 0.727. The van der Waals surface area contributed by atoms with Crippen molar-refractivity contribution in [1.29, 1.82) is 0 Å². The Hall–Kier alpha value is -0.970. The van der Waals surface area contributed by atoms with Crippen molar-refractivity contribution in [2.75, 3.05) is 6.54 Å². The zero-order valence-electron chi connectivity index (χ0n) is 8.55. The van der Waals surface area contributed by atoms with Crippen LogP contribution in [0.3, 0.4) is 0 Å². The number of hydrogen-bond donors (Lipinski definition) is 1. The van der Waals surface area contributed by atoms with E-state index in [9.17, 15) is 4.79 Å². The summed E-state index contributed by atoms with van der Waals surface area (Å²) in [5.74, 6) is 3.27. The predicted octanol–water partition coefficient (Wildman–Crippen LogP) is 1.42. The van der Waals surface area contributed by atoms with Crippen molar-refractivity contribution >= 4 is 5.91 Å². The third-order valence-corrected chi connectivity index (χ3v) is 3.28. The highest BCUT2D eigenvalue weighted by Gasteiger charge is 2.55. The van der Waals surface area contributed by atoms with E-state index in [1.165, 1.54) is 0 Å². The first-order chi connectivity index (χ1) is 6.02. The molecular formula is C11H17NO. The average molecular weight is 179 g/mol. The molecule has 2 unspecified atom stereocenters. The second-order valence-corrected chi connectivity index (χ2v) is 4.34. The molecule has 1 amide bonds. The lowest BCUT2D eigenvalue weighted by Crippen LogP contribution is -2.28. The maximum absolute atomic E-state index is 11.5. The first-order valence-electron chi connectivity index (χ1n) is 4.73. The lowest BCUT2D eigenvalue weighted by atomic mass is 9.92. The van der Waals surface area contributed by atoms with Crippen molar-refractivity contribution in [1.82, 2.24) is 5.32 Å². The highest BCUT2D eigenvalue weighted by molar-refractivity contribution is 5.82. The van der Waals surface area contributed by atoms with Crippen molar-refractivity contribution in [3.8, 4) is 12.3 Å². The summed E-state index contributed by atoms with van der Waals surface area (Å²) in [6.07, 6.45) is 6.06. The average Bonchev–Trinajstić information content (AvgIpc) is 2.75. The van der Waals surface area contributed by atoms with Crippen LogP contribution in [0, 0.1) is 29.6 Å². The van der Waals surface area contributed by atoms with E-state index in [-0.39, 0.29) is 17.2 Å². The second kappa shape index (κ2) is 3.41. The molecule has 1 saturated carbocycles. The zero-order valence-corrected chi connectivity index (χ0v) is 8.55. The van der Waals surface area contributed by atoms with Crippen LogP contribution in [0.15, 0.2) is 0 Å². The molecule has 72 valence electrons. The normalized spacial score (nSPS) is 31.2. The van der Waals surface area contributed by atoms with E-state index in [0.717, 1.165) is 6.42 Å². The minimum absolute atomic E-state index is 0.120. The molecule has 1 rings (SSSR count). The smallest absolute Gasteiger partial charge is 0.224 e. The van der Waals surface area contributed by atoms with E-state index in [2.05, 4.69) is 32.0 Å². The summed E-state index contributed by atoms with van der Waals surface area (Å²) in [7, 11) is 0. The molecule has 1 aliphatic carbocycles. The lowest BCUT2D eigenvalue weighted by molar-refractivity contribution is -0.123. The fourth-order valence-corrected chi connectivity index (χ4v) is 1.67. The van der Waals surface area contributed by atoms with Crippen LogP contribution in [0.2, 0.25) is 0 Å². The molecule has 13 heavy (non-hydrogen) atoms. The van der Waals surface area contributed by atoms with E-state index in [1.54, 1.807) is 0 Å². The van der Waals surface area contributed by atoms with Gasteiger partial charge in [-0.05, 0) is 17.8 Å².